The van der Waals surface area contributed by atoms with Crippen LogP contribution < -0.4 is 4.90 Å². The van der Waals surface area contributed by atoms with Crippen molar-refractivity contribution in [2.45, 2.75) is 45.6 Å². The number of halogens is 1. The van der Waals surface area contributed by atoms with Crippen molar-refractivity contribution in [3.05, 3.63) is 28.2 Å². The standard InChI is InChI=1S/C15H20BrN5/c1-2-3-10-21-15(17-18-19-21)20-9-5-4-6-12-7-8-13(16)11-14(12)20/h7-8,11H,2-6,9-10H2,1H3. The van der Waals surface area contributed by atoms with Gasteiger partial charge in [-0.05, 0) is 53.8 Å². The van der Waals surface area contributed by atoms with Crippen LogP contribution in [0.2, 0.25) is 0 Å². The van der Waals surface area contributed by atoms with Gasteiger partial charge in [-0.3, -0.25) is 0 Å². The molecule has 0 atom stereocenters. The van der Waals surface area contributed by atoms with Crippen LogP contribution in [0, 0.1) is 0 Å². The normalized spacial score (nSPS) is 14.9. The Labute approximate surface area is 133 Å². The summed E-state index contributed by atoms with van der Waals surface area (Å²) < 4.78 is 3.03. The zero-order valence-corrected chi connectivity index (χ0v) is 13.9. The van der Waals surface area contributed by atoms with Gasteiger partial charge >= 0.3 is 0 Å². The van der Waals surface area contributed by atoms with Gasteiger partial charge in [0.1, 0.15) is 0 Å². The van der Waals surface area contributed by atoms with Crippen molar-refractivity contribution in [3.63, 3.8) is 0 Å². The van der Waals surface area contributed by atoms with Gasteiger partial charge in [-0.1, -0.05) is 40.4 Å². The molecule has 0 aliphatic carbocycles. The van der Waals surface area contributed by atoms with Crippen molar-refractivity contribution in [3.8, 4) is 0 Å². The summed E-state index contributed by atoms with van der Waals surface area (Å²) in [6, 6.07) is 6.50. The number of nitrogens with zero attached hydrogens (tertiary/aromatic N) is 5. The second-order valence-corrected chi connectivity index (χ2v) is 6.35. The van der Waals surface area contributed by atoms with Gasteiger partial charge in [-0.2, -0.15) is 0 Å². The molecule has 0 unspecified atom stereocenters. The van der Waals surface area contributed by atoms with Gasteiger partial charge in [0.15, 0.2) is 0 Å². The Balaban J connectivity index is 1.98. The molecule has 0 fully saturated rings. The van der Waals surface area contributed by atoms with Gasteiger partial charge in [0.2, 0.25) is 5.95 Å². The first kappa shape index (κ1) is 14.5. The quantitative estimate of drug-likeness (QED) is 0.843. The summed E-state index contributed by atoms with van der Waals surface area (Å²) in [7, 11) is 0. The number of fused-ring (bicyclic) bond motifs is 1. The molecule has 0 saturated heterocycles. The first-order valence-electron chi connectivity index (χ1n) is 7.61. The molecular weight excluding hydrogens is 330 g/mol. The molecule has 0 spiro atoms. The first-order valence-corrected chi connectivity index (χ1v) is 8.41. The monoisotopic (exact) mass is 349 g/mol. The number of rotatable bonds is 4. The van der Waals surface area contributed by atoms with Crippen molar-refractivity contribution in [1.29, 1.82) is 0 Å². The number of hydrogen-bond donors (Lipinski definition) is 0. The summed E-state index contributed by atoms with van der Waals surface area (Å²) in [6.07, 6.45) is 5.73. The van der Waals surface area contributed by atoms with E-state index in [1.54, 1.807) is 0 Å². The fraction of sp³-hybridized carbons (Fsp3) is 0.533. The van der Waals surface area contributed by atoms with Crippen molar-refractivity contribution in [2.24, 2.45) is 0 Å². The molecule has 3 rings (SSSR count). The smallest absolute Gasteiger partial charge is 0.250 e. The fourth-order valence-corrected chi connectivity index (χ4v) is 3.11. The SMILES string of the molecule is CCCCn1nnnc1N1CCCCc2ccc(Br)cc21. The van der Waals surface area contributed by atoms with Crippen LogP contribution >= 0.6 is 15.9 Å². The van der Waals surface area contributed by atoms with E-state index in [1.807, 2.05) is 4.68 Å². The molecule has 1 aromatic heterocycles. The van der Waals surface area contributed by atoms with Crippen LogP contribution in [0.4, 0.5) is 11.6 Å². The number of hydrogen-bond acceptors (Lipinski definition) is 4. The molecule has 6 heteroatoms. The average Bonchev–Trinajstić information content (AvgIpc) is 2.85. The van der Waals surface area contributed by atoms with E-state index in [2.05, 4.69) is 61.5 Å². The number of aryl methyl sites for hydroxylation is 2. The summed E-state index contributed by atoms with van der Waals surface area (Å²) in [5, 5.41) is 12.3. The lowest BCUT2D eigenvalue weighted by molar-refractivity contribution is 0.550. The van der Waals surface area contributed by atoms with Crippen LogP contribution in [0.15, 0.2) is 22.7 Å². The van der Waals surface area contributed by atoms with E-state index in [0.717, 1.165) is 49.2 Å². The number of tetrazole rings is 1. The first-order chi connectivity index (χ1) is 10.3. The van der Waals surface area contributed by atoms with Gasteiger partial charge in [0.25, 0.3) is 0 Å². The topological polar surface area (TPSA) is 46.8 Å². The summed E-state index contributed by atoms with van der Waals surface area (Å²) in [4.78, 5) is 2.27. The maximum Gasteiger partial charge on any atom is 0.250 e. The van der Waals surface area contributed by atoms with Crippen LogP contribution in [0.5, 0.6) is 0 Å². The minimum Gasteiger partial charge on any atom is -0.309 e. The van der Waals surface area contributed by atoms with Gasteiger partial charge < -0.3 is 4.90 Å². The number of anilines is 2. The second-order valence-electron chi connectivity index (χ2n) is 5.44. The highest BCUT2D eigenvalue weighted by Crippen LogP contribution is 2.33. The molecule has 0 amide bonds. The van der Waals surface area contributed by atoms with Crippen molar-refractivity contribution in [2.75, 3.05) is 11.4 Å². The van der Waals surface area contributed by atoms with Crippen LogP contribution in [0.25, 0.3) is 0 Å². The average molecular weight is 350 g/mol. The van der Waals surface area contributed by atoms with E-state index in [4.69, 9.17) is 0 Å². The Hall–Kier alpha value is -1.43. The Bertz CT molecular complexity index is 610. The minimum absolute atomic E-state index is 0.865. The largest absolute Gasteiger partial charge is 0.309 e. The molecule has 0 saturated carbocycles. The molecular formula is C15H20BrN5. The Morgan fingerprint density at radius 2 is 2.19 bits per heavy atom. The maximum absolute atomic E-state index is 4.28. The van der Waals surface area contributed by atoms with Crippen LogP contribution in [-0.2, 0) is 13.0 Å². The van der Waals surface area contributed by atoms with Gasteiger partial charge in [0.05, 0.1) is 0 Å². The molecule has 21 heavy (non-hydrogen) atoms. The van der Waals surface area contributed by atoms with E-state index in [9.17, 15) is 0 Å². The molecule has 2 heterocycles. The third kappa shape index (κ3) is 3.10. The van der Waals surface area contributed by atoms with Crippen LogP contribution in [-0.4, -0.2) is 26.8 Å². The van der Waals surface area contributed by atoms with E-state index in [-0.39, 0.29) is 0 Å². The highest BCUT2D eigenvalue weighted by molar-refractivity contribution is 9.10. The van der Waals surface area contributed by atoms with Crippen molar-refractivity contribution in [1.82, 2.24) is 20.2 Å². The zero-order chi connectivity index (χ0) is 14.7. The number of unbranched alkanes of at least 4 members (excludes halogenated alkanes) is 1. The zero-order valence-electron chi connectivity index (χ0n) is 12.3. The molecule has 1 aromatic carbocycles. The Kier molecular flexibility index (Phi) is 4.53. The van der Waals surface area contributed by atoms with E-state index in [1.165, 1.54) is 17.7 Å². The summed E-state index contributed by atoms with van der Waals surface area (Å²) in [6.45, 7) is 4.02. The second kappa shape index (κ2) is 6.56. The molecule has 1 aliphatic heterocycles. The summed E-state index contributed by atoms with van der Waals surface area (Å²) in [5.74, 6) is 0.865. The Morgan fingerprint density at radius 1 is 1.29 bits per heavy atom. The molecule has 0 N–H and O–H groups in total. The summed E-state index contributed by atoms with van der Waals surface area (Å²) in [5.41, 5.74) is 2.61. The van der Waals surface area contributed by atoms with E-state index >= 15 is 0 Å². The Morgan fingerprint density at radius 3 is 3.05 bits per heavy atom. The van der Waals surface area contributed by atoms with Gasteiger partial charge in [-0.25, -0.2) is 4.68 Å². The van der Waals surface area contributed by atoms with E-state index < -0.39 is 0 Å². The fourth-order valence-electron chi connectivity index (χ4n) is 2.76. The molecule has 2 aromatic rings. The highest BCUT2D eigenvalue weighted by atomic mass is 79.9. The maximum atomic E-state index is 4.28. The lowest BCUT2D eigenvalue weighted by Crippen LogP contribution is -2.22. The lowest BCUT2D eigenvalue weighted by atomic mass is 10.1. The van der Waals surface area contributed by atoms with E-state index in [0.29, 0.717) is 0 Å². The lowest BCUT2D eigenvalue weighted by Gasteiger charge is -2.23. The predicted molar refractivity (Wildman–Crippen MR) is 86.8 cm³/mol. The molecule has 0 radical (unpaired) electrons. The molecule has 112 valence electrons. The molecule has 0 bridgehead atoms. The van der Waals surface area contributed by atoms with Crippen molar-refractivity contribution >= 4 is 27.6 Å². The van der Waals surface area contributed by atoms with Gasteiger partial charge in [-0.15, -0.1) is 0 Å². The third-order valence-electron chi connectivity index (χ3n) is 3.89. The summed E-state index contributed by atoms with van der Waals surface area (Å²) >= 11 is 3.58. The third-order valence-corrected chi connectivity index (χ3v) is 4.39. The molecule has 5 nitrogen and oxygen atoms in total. The number of aromatic nitrogens is 4. The predicted octanol–water partition coefficient (Wildman–Crippen LogP) is 3.71. The van der Waals surface area contributed by atoms with Gasteiger partial charge in [0, 0.05) is 23.2 Å². The van der Waals surface area contributed by atoms with Crippen molar-refractivity contribution < 1.29 is 0 Å². The highest BCUT2D eigenvalue weighted by Gasteiger charge is 2.21. The molecule has 1 aliphatic rings. The van der Waals surface area contributed by atoms with Crippen LogP contribution in [0.1, 0.15) is 38.2 Å². The number of benzene rings is 1. The van der Waals surface area contributed by atoms with Crippen LogP contribution in [0.3, 0.4) is 0 Å². The minimum atomic E-state index is 0.865.